The van der Waals surface area contributed by atoms with Crippen molar-refractivity contribution in [1.82, 2.24) is 0 Å². The third-order valence-corrected chi connectivity index (χ3v) is 7.15. The van der Waals surface area contributed by atoms with E-state index in [1.807, 2.05) is 49.4 Å². The molecule has 1 saturated carbocycles. The molecule has 0 spiro atoms. The van der Waals surface area contributed by atoms with Crippen molar-refractivity contribution >= 4 is 0 Å². The topological polar surface area (TPSA) is 9.23 Å². The average molecular weight is 467 g/mol. The summed E-state index contributed by atoms with van der Waals surface area (Å²) in [7, 11) is 0. The monoisotopic (exact) mass is 466 g/mol. The number of benzene rings is 2. The number of halogens is 2. The van der Waals surface area contributed by atoms with E-state index in [0.29, 0.717) is 5.92 Å². The van der Waals surface area contributed by atoms with E-state index in [1.54, 1.807) is 19.1 Å². The smallest absolute Gasteiger partial charge is 0.309 e. The van der Waals surface area contributed by atoms with Crippen molar-refractivity contribution in [1.29, 1.82) is 0 Å². The minimum Gasteiger partial charge on any atom is -0.309 e. The molecule has 1 aliphatic carbocycles. The number of hydrogen-bond acceptors (Lipinski definition) is 1. The van der Waals surface area contributed by atoms with Crippen LogP contribution < -0.4 is 0 Å². The van der Waals surface area contributed by atoms with Gasteiger partial charge in [-0.15, -0.1) is 0 Å². The Morgan fingerprint density at radius 3 is 2.12 bits per heavy atom. The zero-order chi connectivity index (χ0) is 24.4. The van der Waals surface area contributed by atoms with Crippen LogP contribution in [-0.4, -0.2) is 0 Å². The molecule has 0 aliphatic heterocycles. The molecule has 1 fully saturated rings. The third kappa shape index (κ3) is 7.63. The fourth-order valence-electron chi connectivity index (χ4n) is 4.96. The zero-order valence-electron chi connectivity index (χ0n) is 21.0. The molecule has 34 heavy (non-hydrogen) atoms. The lowest BCUT2D eigenvalue weighted by Crippen LogP contribution is -2.20. The van der Waals surface area contributed by atoms with Crippen LogP contribution in [0.3, 0.4) is 0 Å². The molecule has 2 aromatic rings. The molecule has 1 aliphatic rings. The molecule has 0 heterocycles. The van der Waals surface area contributed by atoms with Gasteiger partial charge in [0.1, 0.15) is 0 Å². The van der Waals surface area contributed by atoms with Crippen molar-refractivity contribution < 1.29 is 13.5 Å². The number of hydrogen-bond donors (Lipinski definition) is 0. The van der Waals surface area contributed by atoms with Crippen LogP contribution in [0.5, 0.6) is 0 Å². The van der Waals surface area contributed by atoms with E-state index in [-0.39, 0.29) is 5.56 Å². The van der Waals surface area contributed by atoms with Gasteiger partial charge < -0.3 is 4.74 Å². The molecule has 0 aromatic heterocycles. The normalized spacial score (nSPS) is 20.3. The lowest BCUT2D eigenvalue weighted by molar-refractivity contribution is -0.272. The summed E-state index contributed by atoms with van der Waals surface area (Å²) in [5.74, 6) is 1.28. The summed E-state index contributed by atoms with van der Waals surface area (Å²) in [5.41, 5.74) is 3.06. The van der Waals surface area contributed by atoms with Gasteiger partial charge in [0.25, 0.3) is 0 Å². The molecule has 1 unspecified atom stereocenters. The molecular weight excluding hydrogens is 426 g/mol. The summed E-state index contributed by atoms with van der Waals surface area (Å²) in [6.45, 7) is 5.76. The first-order valence-electron chi connectivity index (χ1n) is 12.9. The molecular formula is C31H40F2O. The van der Waals surface area contributed by atoms with Crippen LogP contribution in [0.15, 0.2) is 72.8 Å². The molecule has 0 saturated heterocycles. The second kappa shape index (κ2) is 13.0. The summed E-state index contributed by atoms with van der Waals surface area (Å²) < 4.78 is 35.1. The maximum absolute atomic E-state index is 14.9. The number of aryl methyl sites for hydroxylation is 1. The van der Waals surface area contributed by atoms with Crippen molar-refractivity contribution in [2.24, 2.45) is 5.92 Å². The molecule has 2 aromatic carbocycles. The molecule has 0 bridgehead atoms. The molecule has 0 N–H and O–H groups in total. The van der Waals surface area contributed by atoms with Crippen LogP contribution in [0.1, 0.15) is 100.0 Å². The Balaban J connectivity index is 1.54. The second-order valence-corrected chi connectivity index (χ2v) is 9.61. The Labute approximate surface area is 204 Å². The van der Waals surface area contributed by atoms with Gasteiger partial charge in [-0.2, -0.15) is 8.78 Å². The predicted octanol–water partition coefficient (Wildman–Crippen LogP) is 9.65. The van der Waals surface area contributed by atoms with E-state index in [4.69, 9.17) is 4.74 Å². The summed E-state index contributed by atoms with van der Waals surface area (Å²) in [4.78, 5) is 0. The summed E-state index contributed by atoms with van der Waals surface area (Å²) >= 11 is 0. The Morgan fingerprint density at radius 2 is 1.50 bits per heavy atom. The van der Waals surface area contributed by atoms with E-state index in [1.165, 1.54) is 30.4 Å². The van der Waals surface area contributed by atoms with E-state index in [9.17, 15) is 8.78 Å². The van der Waals surface area contributed by atoms with Crippen LogP contribution in [0, 0.1) is 5.92 Å². The van der Waals surface area contributed by atoms with E-state index in [0.717, 1.165) is 43.6 Å². The lowest BCUT2D eigenvalue weighted by Gasteiger charge is -2.29. The van der Waals surface area contributed by atoms with Gasteiger partial charge in [0.15, 0.2) is 0 Å². The fourth-order valence-corrected chi connectivity index (χ4v) is 4.96. The molecule has 184 valence electrons. The Morgan fingerprint density at radius 1 is 0.882 bits per heavy atom. The number of alkyl halides is 2. The van der Waals surface area contributed by atoms with Crippen molar-refractivity contribution in [3.8, 4) is 0 Å². The van der Waals surface area contributed by atoms with Gasteiger partial charge >= 0.3 is 6.11 Å². The third-order valence-electron chi connectivity index (χ3n) is 7.15. The van der Waals surface area contributed by atoms with Gasteiger partial charge in [-0.3, -0.25) is 0 Å². The highest BCUT2D eigenvalue weighted by molar-refractivity contribution is 5.28. The first-order valence-corrected chi connectivity index (χ1v) is 12.9. The highest BCUT2D eigenvalue weighted by Gasteiger charge is 2.35. The second-order valence-electron chi connectivity index (χ2n) is 9.61. The molecule has 1 atom stereocenters. The Kier molecular flexibility index (Phi) is 10.1. The largest absolute Gasteiger partial charge is 0.383 e. The summed E-state index contributed by atoms with van der Waals surface area (Å²) in [6, 6.07) is 14.6. The van der Waals surface area contributed by atoms with E-state index in [2.05, 4.69) is 25.2 Å². The first kappa shape index (κ1) is 26.3. The molecule has 3 rings (SSSR count). The Bertz CT molecular complexity index is 903. The summed E-state index contributed by atoms with van der Waals surface area (Å²) in [5, 5.41) is 0. The standard InChI is InChI=1S/C31H40F2O/c1-4-6-8-10-25-12-16-27(17-13-25)24(3)34-31(32,33)30-22-20-29(21-23-30)28-18-14-26(15-19-28)11-9-7-5-2/h4-7,12-13,16-17,20-24,26,28H,8-11,14-15,18-19H2,1-3H3/b6-4+,7-5+. The van der Waals surface area contributed by atoms with Gasteiger partial charge in [-0.05, 0) is 101 Å². The molecule has 3 heteroatoms. The molecule has 1 nitrogen and oxygen atoms in total. The van der Waals surface area contributed by atoms with Crippen LogP contribution in [0.4, 0.5) is 8.78 Å². The highest BCUT2D eigenvalue weighted by atomic mass is 19.3. The van der Waals surface area contributed by atoms with Crippen molar-refractivity contribution in [2.75, 3.05) is 0 Å². The van der Waals surface area contributed by atoms with Crippen molar-refractivity contribution in [2.45, 2.75) is 90.3 Å². The van der Waals surface area contributed by atoms with Crippen molar-refractivity contribution in [3.63, 3.8) is 0 Å². The van der Waals surface area contributed by atoms with Gasteiger partial charge in [0.05, 0.1) is 11.7 Å². The molecule has 0 radical (unpaired) electrons. The fraction of sp³-hybridized carbons (Fsp3) is 0.484. The van der Waals surface area contributed by atoms with Gasteiger partial charge in [-0.1, -0.05) is 72.8 Å². The maximum atomic E-state index is 14.9. The minimum atomic E-state index is -3.33. The van der Waals surface area contributed by atoms with E-state index >= 15 is 0 Å². The van der Waals surface area contributed by atoms with Gasteiger partial charge in [0, 0.05) is 0 Å². The van der Waals surface area contributed by atoms with Gasteiger partial charge in [-0.25, -0.2) is 0 Å². The van der Waals surface area contributed by atoms with E-state index < -0.39 is 12.2 Å². The van der Waals surface area contributed by atoms with Crippen molar-refractivity contribution in [3.05, 3.63) is 95.1 Å². The average Bonchev–Trinajstić information content (AvgIpc) is 2.85. The Hall–Kier alpha value is -2.26. The van der Waals surface area contributed by atoms with Crippen LogP contribution in [0.2, 0.25) is 0 Å². The van der Waals surface area contributed by atoms with Crippen LogP contribution >= 0.6 is 0 Å². The SMILES string of the molecule is C/C=C/CCc1ccc(C(C)OC(F)(F)c2ccc(C3CCC(CC/C=C/C)CC3)cc2)cc1. The summed E-state index contributed by atoms with van der Waals surface area (Å²) in [6.07, 6.45) is 13.6. The first-order chi connectivity index (χ1) is 16.4. The number of ether oxygens (including phenoxy) is 1. The quantitative estimate of drug-likeness (QED) is 0.299. The van der Waals surface area contributed by atoms with Gasteiger partial charge in [0.2, 0.25) is 0 Å². The lowest BCUT2D eigenvalue weighted by atomic mass is 9.77. The number of rotatable bonds is 11. The zero-order valence-corrected chi connectivity index (χ0v) is 21.0. The van der Waals surface area contributed by atoms with Crippen LogP contribution in [-0.2, 0) is 17.3 Å². The highest BCUT2D eigenvalue weighted by Crippen LogP contribution is 2.39. The minimum absolute atomic E-state index is 0.0777. The maximum Gasteiger partial charge on any atom is 0.383 e. The predicted molar refractivity (Wildman–Crippen MR) is 138 cm³/mol. The molecule has 0 amide bonds. The van der Waals surface area contributed by atoms with Crippen LogP contribution in [0.25, 0.3) is 0 Å². The number of allylic oxidation sites excluding steroid dienone is 4.